The Bertz CT molecular complexity index is 1100. The number of carbonyl (C=O) groups excluding carboxylic acids is 2. The molecule has 2 aliphatic heterocycles. The van der Waals surface area contributed by atoms with Crippen molar-refractivity contribution in [1.82, 2.24) is 9.80 Å². The fourth-order valence-corrected chi connectivity index (χ4v) is 4.58. The minimum Gasteiger partial charge on any atom is -0.473 e. The number of aliphatic hydroxyl groups is 1. The summed E-state index contributed by atoms with van der Waals surface area (Å²) in [4.78, 5) is 47.6. The third-order valence-corrected chi connectivity index (χ3v) is 6.61. The van der Waals surface area contributed by atoms with E-state index in [1.807, 2.05) is 0 Å². The molecule has 0 unspecified atom stereocenters. The van der Waals surface area contributed by atoms with Crippen molar-refractivity contribution in [2.24, 2.45) is 5.92 Å². The van der Waals surface area contributed by atoms with Crippen molar-refractivity contribution >= 4 is 23.6 Å². The lowest BCUT2D eigenvalue weighted by Gasteiger charge is -2.44. The first kappa shape index (κ1) is 27.9. The summed E-state index contributed by atoms with van der Waals surface area (Å²) >= 11 is 0. The number of aliphatic carboxylic acids is 2. The summed E-state index contributed by atoms with van der Waals surface area (Å²) in [5.41, 5.74) is 0.953. The molecule has 0 aromatic heterocycles. The van der Waals surface area contributed by atoms with E-state index in [9.17, 15) is 23.5 Å². The van der Waals surface area contributed by atoms with Gasteiger partial charge in [-0.25, -0.2) is 18.4 Å². The maximum atomic E-state index is 13.2. The topological polar surface area (TPSA) is 135 Å². The summed E-state index contributed by atoms with van der Waals surface area (Å²) in [5, 5.41) is 25.4. The Balaban J connectivity index is 0.000000568. The Morgan fingerprint density at radius 2 is 1.22 bits per heavy atom. The fraction of sp³-hybridized carbons (Fsp3) is 0.385. The van der Waals surface area contributed by atoms with Crippen LogP contribution >= 0.6 is 0 Å². The lowest BCUT2D eigenvalue weighted by molar-refractivity contribution is -0.159. The number of nitrogens with zero attached hydrogens (tertiary/aromatic N) is 2. The molecule has 0 saturated carbocycles. The highest BCUT2D eigenvalue weighted by molar-refractivity contribution is 6.27. The molecule has 2 aromatic rings. The zero-order valence-corrected chi connectivity index (χ0v) is 19.9. The van der Waals surface area contributed by atoms with Crippen LogP contribution in [0.5, 0.6) is 0 Å². The van der Waals surface area contributed by atoms with Crippen LogP contribution < -0.4 is 0 Å². The number of ketones is 1. The molecule has 198 valence electrons. The van der Waals surface area contributed by atoms with Gasteiger partial charge in [-0.05, 0) is 80.9 Å². The summed E-state index contributed by atoms with van der Waals surface area (Å²) in [6.45, 7) is 2.15. The number of halogens is 2. The second-order valence-electron chi connectivity index (χ2n) is 8.97. The number of amides is 1. The van der Waals surface area contributed by atoms with Gasteiger partial charge < -0.3 is 20.2 Å². The fourth-order valence-electron chi connectivity index (χ4n) is 4.58. The molecular weight excluding hydrogens is 490 g/mol. The van der Waals surface area contributed by atoms with Crippen LogP contribution in [-0.2, 0) is 9.59 Å². The lowest BCUT2D eigenvalue weighted by atomic mass is 9.87. The van der Waals surface area contributed by atoms with Crippen molar-refractivity contribution in [2.45, 2.75) is 31.4 Å². The molecule has 2 saturated heterocycles. The summed E-state index contributed by atoms with van der Waals surface area (Å²) < 4.78 is 26.3. The van der Waals surface area contributed by atoms with Gasteiger partial charge in [0.05, 0.1) is 12.1 Å². The number of carboxylic acids is 2. The molecule has 2 atom stereocenters. The number of carbonyl (C=O) groups is 4. The van der Waals surface area contributed by atoms with Gasteiger partial charge in [0.2, 0.25) is 0 Å². The van der Waals surface area contributed by atoms with Gasteiger partial charge in [-0.3, -0.25) is 14.5 Å². The van der Waals surface area contributed by atoms with E-state index in [4.69, 9.17) is 19.8 Å². The molecule has 9 nitrogen and oxygen atoms in total. The molecule has 2 fully saturated rings. The van der Waals surface area contributed by atoms with Gasteiger partial charge in [-0.1, -0.05) is 0 Å². The summed E-state index contributed by atoms with van der Waals surface area (Å²) in [5.74, 6) is -4.67. The lowest BCUT2D eigenvalue weighted by Crippen LogP contribution is -2.58. The largest absolute Gasteiger partial charge is 0.473 e. The number of Topliss-reactive ketones (excluding diaryl/α,β-unsaturated/α-hetero) is 1. The number of aliphatic hydroxyl groups excluding tert-OH is 1. The quantitative estimate of drug-likeness (QED) is 0.415. The van der Waals surface area contributed by atoms with E-state index in [0.717, 1.165) is 0 Å². The van der Waals surface area contributed by atoms with Crippen molar-refractivity contribution in [3.63, 3.8) is 0 Å². The molecule has 2 heterocycles. The third-order valence-electron chi connectivity index (χ3n) is 6.61. The van der Waals surface area contributed by atoms with Crippen LogP contribution in [-0.4, -0.2) is 87.1 Å². The maximum Gasteiger partial charge on any atom is 0.414 e. The predicted octanol–water partition coefficient (Wildman–Crippen LogP) is 2.29. The molecule has 0 spiro atoms. The van der Waals surface area contributed by atoms with Crippen molar-refractivity contribution < 1.29 is 43.3 Å². The molecular formula is C26H28F2N2O7. The van der Waals surface area contributed by atoms with Crippen molar-refractivity contribution in [3.8, 4) is 0 Å². The minimum atomic E-state index is -1.82. The van der Waals surface area contributed by atoms with Crippen LogP contribution in [0.2, 0.25) is 0 Å². The monoisotopic (exact) mass is 518 g/mol. The third kappa shape index (κ3) is 7.40. The molecule has 2 aliphatic rings. The normalized spacial score (nSPS) is 20.5. The summed E-state index contributed by atoms with van der Waals surface area (Å²) in [6.07, 6.45) is 1.25. The summed E-state index contributed by atoms with van der Waals surface area (Å²) in [6, 6.07) is 10.9. The first-order chi connectivity index (χ1) is 17.6. The number of carboxylic acid groups (broad SMARTS) is 2. The van der Waals surface area contributed by atoms with Gasteiger partial charge in [-0.15, -0.1) is 0 Å². The number of likely N-dealkylation sites (tertiary alicyclic amines) is 2. The average Bonchev–Trinajstić information content (AvgIpc) is 2.89. The van der Waals surface area contributed by atoms with E-state index in [1.165, 1.54) is 48.5 Å². The van der Waals surface area contributed by atoms with Crippen LogP contribution in [0.4, 0.5) is 8.78 Å². The highest BCUT2D eigenvalue weighted by Crippen LogP contribution is 2.27. The highest BCUT2D eigenvalue weighted by atomic mass is 19.1. The van der Waals surface area contributed by atoms with E-state index < -0.39 is 18.0 Å². The number of piperidine rings is 2. The zero-order valence-electron chi connectivity index (χ0n) is 19.9. The molecule has 4 rings (SSSR count). The Kier molecular flexibility index (Phi) is 9.42. The van der Waals surface area contributed by atoms with E-state index in [0.29, 0.717) is 56.6 Å². The van der Waals surface area contributed by atoms with Gasteiger partial charge in [-0.2, -0.15) is 0 Å². The van der Waals surface area contributed by atoms with Crippen molar-refractivity contribution in [3.05, 3.63) is 71.3 Å². The van der Waals surface area contributed by atoms with Crippen molar-refractivity contribution in [1.29, 1.82) is 0 Å². The van der Waals surface area contributed by atoms with E-state index in [2.05, 4.69) is 4.90 Å². The predicted molar refractivity (Wildman–Crippen MR) is 127 cm³/mol. The van der Waals surface area contributed by atoms with Gasteiger partial charge >= 0.3 is 11.9 Å². The van der Waals surface area contributed by atoms with Crippen LogP contribution in [0, 0.1) is 17.6 Å². The van der Waals surface area contributed by atoms with Crippen LogP contribution in [0.3, 0.4) is 0 Å². The molecule has 1 amide bonds. The van der Waals surface area contributed by atoms with Crippen molar-refractivity contribution in [2.75, 3.05) is 26.2 Å². The number of rotatable bonds is 4. The zero-order chi connectivity index (χ0) is 27.1. The first-order valence-corrected chi connectivity index (χ1v) is 11.8. The standard InChI is InChI=1S/C24H26F2N2O3.C2H2O4/c25-19-5-1-16(2-6-19)23(30)17-9-12-27(13-10-17)21-15-28(14-11-22(21)29)24(31)18-3-7-20(26)8-4-18;3-1(4)2(5)6/h1-8,17,21-22,29H,9-15H2;(H,3,4)(H,5,6)/t21-,22-;/m1./s1. The minimum absolute atomic E-state index is 0.0250. The number of hydrogen-bond donors (Lipinski definition) is 3. The second kappa shape index (κ2) is 12.5. The van der Waals surface area contributed by atoms with Gasteiger partial charge in [0.25, 0.3) is 5.91 Å². The summed E-state index contributed by atoms with van der Waals surface area (Å²) in [7, 11) is 0. The highest BCUT2D eigenvalue weighted by Gasteiger charge is 2.37. The van der Waals surface area contributed by atoms with Gasteiger partial charge in [0.1, 0.15) is 11.6 Å². The van der Waals surface area contributed by atoms with E-state index in [-0.39, 0.29) is 35.3 Å². The van der Waals surface area contributed by atoms with Crippen LogP contribution in [0.25, 0.3) is 0 Å². The molecule has 0 aliphatic carbocycles. The first-order valence-electron chi connectivity index (χ1n) is 11.8. The molecule has 0 radical (unpaired) electrons. The Hall–Kier alpha value is -3.70. The second-order valence-corrected chi connectivity index (χ2v) is 8.97. The van der Waals surface area contributed by atoms with Gasteiger partial charge in [0.15, 0.2) is 5.78 Å². The molecule has 37 heavy (non-hydrogen) atoms. The average molecular weight is 519 g/mol. The van der Waals surface area contributed by atoms with Crippen LogP contribution in [0.1, 0.15) is 40.0 Å². The SMILES string of the molecule is O=C(O)C(=O)O.O=C(c1ccc(F)cc1)C1CCN([C@@H]2CN(C(=O)c3ccc(F)cc3)CC[C@H]2O)CC1. The van der Waals surface area contributed by atoms with Gasteiger partial charge in [0, 0.05) is 30.1 Å². The Labute approximate surface area is 211 Å². The van der Waals surface area contributed by atoms with Crippen LogP contribution in [0.15, 0.2) is 48.5 Å². The Morgan fingerprint density at radius 1 is 0.730 bits per heavy atom. The maximum absolute atomic E-state index is 13.2. The molecule has 3 N–H and O–H groups in total. The smallest absolute Gasteiger partial charge is 0.414 e. The Morgan fingerprint density at radius 3 is 1.70 bits per heavy atom. The molecule has 0 bridgehead atoms. The number of hydrogen-bond acceptors (Lipinski definition) is 6. The molecule has 11 heteroatoms. The van der Waals surface area contributed by atoms with E-state index in [1.54, 1.807) is 4.90 Å². The molecule has 2 aromatic carbocycles. The number of benzene rings is 2. The van der Waals surface area contributed by atoms with E-state index >= 15 is 0 Å².